The van der Waals surface area contributed by atoms with Crippen molar-refractivity contribution in [1.29, 1.82) is 0 Å². The van der Waals surface area contributed by atoms with Gasteiger partial charge in [0.05, 0.1) is 12.8 Å². The van der Waals surface area contributed by atoms with E-state index in [4.69, 9.17) is 4.74 Å². The van der Waals surface area contributed by atoms with Gasteiger partial charge in [0.1, 0.15) is 11.3 Å². The number of fused-ring (bicyclic) bond motifs is 1. The van der Waals surface area contributed by atoms with Crippen LogP contribution in [0.1, 0.15) is 24.2 Å². The number of benzene rings is 1. The first-order valence-corrected chi connectivity index (χ1v) is 4.81. The third-order valence-corrected chi connectivity index (χ3v) is 1.85. The van der Waals surface area contributed by atoms with Gasteiger partial charge in [-0.25, -0.2) is 0 Å². The molecule has 1 aromatic rings. The molecule has 1 aliphatic rings. The fraction of sp³-hybridized carbons (Fsp3) is 0.300. The molecule has 0 fully saturated rings. The summed E-state index contributed by atoms with van der Waals surface area (Å²) in [7, 11) is 1.53. The van der Waals surface area contributed by atoms with E-state index in [1.807, 2.05) is 19.9 Å². The molecule has 0 radical (unpaired) electrons. The van der Waals surface area contributed by atoms with Crippen molar-refractivity contribution in [2.24, 2.45) is 0 Å². The minimum Gasteiger partial charge on any atom is -0.496 e. The lowest BCUT2D eigenvalue weighted by Gasteiger charge is -2.20. The predicted octanol–water partition coefficient (Wildman–Crippen LogP) is 1.46. The molecule has 1 aromatic carbocycles. The van der Waals surface area contributed by atoms with Crippen molar-refractivity contribution in [2.75, 3.05) is 12.5 Å². The number of carbonyl (C=O) groups excluding carboxylic acids is 1. The topological polar surface area (TPSA) is 97.4 Å². The van der Waals surface area contributed by atoms with Gasteiger partial charge in [-0.2, -0.15) is 0 Å². The first-order chi connectivity index (χ1) is 7.33. The first-order valence-electron chi connectivity index (χ1n) is 4.81. The van der Waals surface area contributed by atoms with Crippen LogP contribution in [-0.4, -0.2) is 13.0 Å². The Labute approximate surface area is 94.9 Å². The number of hydrazine groups is 2. The second-order valence-corrected chi connectivity index (χ2v) is 2.59. The lowest BCUT2D eigenvalue weighted by atomic mass is 10.1. The van der Waals surface area contributed by atoms with Crippen LogP contribution in [0.5, 0.6) is 5.75 Å². The van der Waals surface area contributed by atoms with Crippen molar-refractivity contribution in [1.82, 2.24) is 17.1 Å². The monoisotopic (exact) mass is 226 g/mol. The van der Waals surface area contributed by atoms with Crippen LogP contribution >= 0.6 is 0 Å². The average Bonchev–Trinajstić information content (AvgIpc) is 2.31. The Morgan fingerprint density at radius 2 is 1.88 bits per heavy atom. The van der Waals surface area contributed by atoms with Gasteiger partial charge in [0.2, 0.25) is 0 Å². The number of carbonyl (C=O) groups is 1. The molecule has 0 aromatic heterocycles. The molecule has 0 saturated heterocycles. The second kappa shape index (κ2) is 6.65. The molecule has 6 N–H and O–H groups in total. The summed E-state index contributed by atoms with van der Waals surface area (Å²) >= 11 is 0. The molecule has 1 heterocycles. The number of anilines is 1. The van der Waals surface area contributed by atoms with E-state index >= 15 is 0 Å². The summed E-state index contributed by atoms with van der Waals surface area (Å²) < 4.78 is 5.05. The van der Waals surface area contributed by atoms with Crippen molar-refractivity contribution >= 4 is 11.6 Å². The van der Waals surface area contributed by atoms with Crippen molar-refractivity contribution in [3.8, 4) is 5.75 Å². The molecule has 0 unspecified atom stereocenters. The van der Waals surface area contributed by atoms with Crippen molar-refractivity contribution < 1.29 is 9.53 Å². The number of hydrogen-bond acceptors (Lipinski definition) is 5. The van der Waals surface area contributed by atoms with Crippen LogP contribution in [0.25, 0.3) is 0 Å². The quantitative estimate of drug-likeness (QED) is 0.581. The molecule has 1 aliphatic heterocycles. The second-order valence-electron chi connectivity index (χ2n) is 2.59. The summed E-state index contributed by atoms with van der Waals surface area (Å²) in [5.41, 5.74) is 9.00. The Hall–Kier alpha value is -1.79. The zero-order valence-corrected chi connectivity index (χ0v) is 9.76. The van der Waals surface area contributed by atoms with Crippen LogP contribution < -0.4 is 27.3 Å². The Balaban J connectivity index is 0.000000711. The average molecular weight is 226 g/mol. The highest BCUT2D eigenvalue weighted by molar-refractivity contribution is 6.03. The third-order valence-electron chi connectivity index (χ3n) is 1.85. The summed E-state index contributed by atoms with van der Waals surface area (Å²) in [5.74, 6) is 0.357. The van der Waals surface area contributed by atoms with Crippen LogP contribution in [0.2, 0.25) is 0 Å². The van der Waals surface area contributed by atoms with Crippen LogP contribution in [0.3, 0.4) is 0 Å². The molecule has 16 heavy (non-hydrogen) atoms. The predicted molar refractivity (Wildman–Crippen MR) is 63.6 cm³/mol. The van der Waals surface area contributed by atoms with Gasteiger partial charge >= 0.3 is 0 Å². The van der Waals surface area contributed by atoms with Crippen LogP contribution in [0, 0.1) is 0 Å². The molecule has 90 valence electrons. The van der Waals surface area contributed by atoms with Gasteiger partial charge in [-0.15, -0.1) is 5.53 Å². The Bertz CT molecular complexity index is 340. The molecule has 6 heteroatoms. The van der Waals surface area contributed by atoms with Gasteiger partial charge in [0, 0.05) is 0 Å². The van der Waals surface area contributed by atoms with Gasteiger partial charge in [0.25, 0.3) is 5.91 Å². The maximum absolute atomic E-state index is 11.4. The molecule has 1 amide bonds. The summed E-state index contributed by atoms with van der Waals surface area (Å²) in [6.45, 7) is 4.00. The van der Waals surface area contributed by atoms with Crippen LogP contribution in [0.4, 0.5) is 5.69 Å². The molecular weight excluding hydrogens is 208 g/mol. The lowest BCUT2D eigenvalue weighted by Crippen LogP contribution is -2.45. The fourth-order valence-electron chi connectivity index (χ4n) is 1.26. The van der Waals surface area contributed by atoms with Crippen molar-refractivity contribution in [2.45, 2.75) is 13.8 Å². The fourth-order valence-corrected chi connectivity index (χ4v) is 1.26. The van der Waals surface area contributed by atoms with Gasteiger partial charge in [-0.3, -0.25) is 10.2 Å². The summed E-state index contributed by atoms with van der Waals surface area (Å²) in [4.78, 5) is 11.4. The largest absolute Gasteiger partial charge is 0.496 e. The summed E-state index contributed by atoms with van der Waals surface area (Å²) in [5, 5.41) is 0. The van der Waals surface area contributed by atoms with Crippen LogP contribution in [0.15, 0.2) is 18.2 Å². The lowest BCUT2D eigenvalue weighted by molar-refractivity contribution is 0.0928. The highest BCUT2D eigenvalue weighted by Gasteiger charge is 2.20. The Morgan fingerprint density at radius 3 is 2.50 bits per heavy atom. The van der Waals surface area contributed by atoms with Gasteiger partial charge < -0.3 is 16.3 Å². The number of hydrogen-bond donors (Lipinski definition) is 4. The third kappa shape index (κ3) is 2.62. The minimum absolute atomic E-state index is 0. The number of nitrogens with one attached hydrogen (secondary N) is 3. The molecule has 6 nitrogen and oxygen atoms in total. The van der Waals surface area contributed by atoms with E-state index in [1.165, 1.54) is 7.11 Å². The highest BCUT2D eigenvalue weighted by Crippen LogP contribution is 2.26. The molecule has 0 spiro atoms. The summed E-state index contributed by atoms with van der Waals surface area (Å²) in [6, 6.07) is 5.35. The van der Waals surface area contributed by atoms with Crippen molar-refractivity contribution in [3.05, 3.63) is 23.8 Å². The van der Waals surface area contributed by atoms with Crippen LogP contribution in [-0.2, 0) is 0 Å². The molecule has 2 rings (SSSR count). The van der Waals surface area contributed by atoms with E-state index in [9.17, 15) is 4.79 Å². The molecule has 0 bridgehead atoms. The molecule has 0 atom stereocenters. The number of methoxy groups -OCH3 is 1. The van der Waals surface area contributed by atoms with Gasteiger partial charge in [0.15, 0.2) is 0 Å². The molecular formula is C10H18N4O2. The van der Waals surface area contributed by atoms with Gasteiger partial charge in [-0.1, -0.05) is 19.9 Å². The van der Waals surface area contributed by atoms with E-state index in [0.29, 0.717) is 17.0 Å². The highest BCUT2D eigenvalue weighted by atomic mass is 16.5. The Morgan fingerprint density at radius 1 is 1.19 bits per heavy atom. The summed E-state index contributed by atoms with van der Waals surface area (Å²) in [6.07, 6.45) is 0. The van der Waals surface area contributed by atoms with E-state index in [1.54, 1.807) is 12.1 Å². The van der Waals surface area contributed by atoms with E-state index in [-0.39, 0.29) is 12.1 Å². The smallest absolute Gasteiger partial charge is 0.272 e. The Kier molecular flexibility index (Phi) is 5.91. The number of rotatable bonds is 1. The zero-order valence-electron chi connectivity index (χ0n) is 9.76. The minimum atomic E-state index is -0.203. The normalized spacial score (nSPS) is 11.8. The molecule has 0 aliphatic carbocycles. The maximum Gasteiger partial charge on any atom is 0.272 e. The first kappa shape index (κ1) is 14.2. The van der Waals surface area contributed by atoms with E-state index in [0.717, 1.165) is 0 Å². The molecule has 0 saturated carbocycles. The standard InChI is InChI=1S/C8H9N3O2.C2H6.H3N/c1-13-6-4-2-3-5-7(6)8(12)10-11-9-5;1-2;/h2-4,9,11H,1H3,(H,10,12);1-2H3;1H3. The van der Waals surface area contributed by atoms with E-state index < -0.39 is 0 Å². The van der Waals surface area contributed by atoms with Crippen molar-refractivity contribution in [3.63, 3.8) is 0 Å². The zero-order chi connectivity index (χ0) is 11.3. The number of amides is 1. The van der Waals surface area contributed by atoms with E-state index in [2.05, 4.69) is 16.4 Å². The SMILES string of the molecule is CC.COc1cccc2c1C(=O)NNN2.N. The maximum atomic E-state index is 11.4. The van der Waals surface area contributed by atoms with Gasteiger partial charge in [-0.05, 0) is 12.1 Å². The number of ether oxygens (including phenoxy) is 1.